The predicted octanol–water partition coefficient (Wildman–Crippen LogP) is 1.35. The van der Waals surface area contributed by atoms with E-state index in [0.29, 0.717) is 13.0 Å². The zero-order valence-electron chi connectivity index (χ0n) is 11.9. The second-order valence-electron chi connectivity index (χ2n) is 4.67. The Kier molecular flexibility index (Phi) is 5.77. The van der Waals surface area contributed by atoms with Crippen molar-refractivity contribution in [3.05, 3.63) is 42.5 Å². The zero-order chi connectivity index (χ0) is 15.1. The molecule has 0 bridgehead atoms. The minimum Gasteiger partial charge on any atom is -0.325 e. The number of nitrogens with two attached hydrogens (primary N) is 1. The molecule has 112 valence electrons. The molecule has 0 fully saturated rings. The van der Waals surface area contributed by atoms with E-state index in [1.807, 2.05) is 30.5 Å². The van der Waals surface area contributed by atoms with E-state index in [9.17, 15) is 4.79 Å². The molecule has 2 aromatic rings. The highest BCUT2D eigenvalue weighted by Crippen LogP contribution is 2.11. The standard InChI is InChI=1S/C14H19N5OS/c1-21-7-6-13(15)14(20)18-12-4-2-11(3-5-12)8-19-10-16-9-17-19/h2-5,9-10,13H,6-8,15H2,1H3,(H,18,20)/t13-/m0/s1. The number of thioether (sulfide) groups is 1. The van der Waals surface area contributed by atoms with Crippen LogP contribution < -0.4 is 11.1 Å². The van der Waals surface area contributed by atoms with Crippen LogP contribution in [0.2, 0.25) is 0 Å². The molecular weight excluding hydrogens is 286 g/mol. The van der Waals surface area contributed by atoms with Crippen LogP contribution in [0, 0.1) is 0 Å². The highest BCUT2D eigenvalue weighted by molar-refractivity contribution is 7.98. The van der Waals surface area contributed by atoms with Gasteiger partial charge in [0.1, 0.15) is 12.7 Å². The first-order chi connectivity index (χ1) is 10.2. The van der Waals surface area contributed by atoms with Crippen LogP contribution in [0.25, 0.3) is 0 Å². The summed E-state index contributed by atoms with van der Waals surface area (Å²) < 4.78 is 1.74. The van der Waals surface area contributed by atoms with Crippen molar-refractivity contribution in [2.75, 3.05) is 17.3 Å². The third-order valence-corrected chi connectivity index (χ3v) is 3.65. The van der Waals surface area contributed by atoms with E-state index in [2.05, 4.69) is 15.4 Å². The third kappa shape index (κ3) is 4.87. The molecule has 1 atom stereocenters. The highest BCUT2D eigenvalue weighted by atomic mass is 32.2. The second-order valence-corrected chi connectivity index (χ2v) is 5.65. The first kappa shape index (κ1) is 15.5. The lowest BCUT2D eigenvalue weighted by molar-refractivity contribution is -0.117. The Hall–Kier alpha value is -1.86. The summed E-state index contributed by atoms with van der Waals surface area (Å²) in [5, 5.41) is 6.88. The Morgan fingerprint density at radius 2 is 2.19 bits per heavy atom. The van der Waals surface area contributed by atoms with Crippen LogP contribution in [0.1, 0.15) is 12.0 Å². The average molecular weight is 305 g/mol. The molecule has 0 aliphatic carbocycles. The first-order valence-corrected chi connectivity index (χ1v) is 8.05. The fourth-order valence-corrected chi connectivity index (χ4v) is 2.30. The molecule has 2 rings (SSSR count). The van der Waals surface area contributed by atoms with Gasteiger partial charge in [-0.1, -0.05) is 12.1 Å². The molecule has 3 N–H and O–H groups in total. The lowest BCUT2D eigenvalue weighted by Crippen LogP contribution is -2.36. The van der Waals surface area contributed by atoms with Crippen LogP contribution in [0.3, 0.4) is 0 Å². The summed E-state index contributed by atoms with van der Waals surface area (Å²) in [5.74, 6) is 0.735. The van der Waals surface area contributed by atoms with Crippen molar-refractivity contribution in [2.24, 2.45) is 5.73 Å². The largest absolute Gasteiger partial charge is 0.325 e. The van der Waals surface area contributed by atoms with E-state index >= 15 is 0 Å². The van der Waals surface area contributed by atoms with Gasteiger partial charge in [0, 0.05) is 5.69 Å². The van der Waals surface area contributed by atoms with E-state index in [-0.39, 0.29) is 5.91 Å². The van der Waals surface area contributed by atoms with Gasteiger partial charge in [-0.2, -0.15) is 16.9 Å². The number of amides is 1. The van der Waals surface area contributed by atoms with Crippen molar-refractivity contribution in [3.63, 3.8) is 0 Å². The second kappa shape index (κ2) is 7.80. The maximum absolute atomic E-state index is 11.9. The molecule has 1 heterocycles. The number of carbonyl (C=O) groups is 1. The minimum atomic E-state index is -0.465. The molecule has 0 aliphatic rings. The Labute approximate surface area is 128 Å². The first-order valence-electron chi connectivity index (χ1n) is 6.66. The fraction of sp³-hybridized carbons (Fsp3) is 0.357. The molecule has 0 radical (unpaired) electrons. The van der Waals surface area contributed by atoms with Crippen LogP contribution in [-0.4, -0.2) is 38.7 Å². The number of hydrogen-bond donors (Lipinski definition) is 2. The van der Waals surface area contributed by atoms with Gasteiger partial charge in [-0.15, -0.1) is 0 Å². The molecule has 1 aromatic carbocycles. The van der Waals surface area contributed by atoms with Gasteiger partial charge in [-0.25, -0.2) is 9.67 Å². The fourth-order valence-electron chi connectivity index (χ4n) is 1.81. The molecule has 21 heavy (non-hydrogen) atoms. The number of carbonyl (C=O) groups excluding carboxylic acids is 1. The Morgan fingerprint density at radius 3 is 2.81 bits per heavy atom. The predicted molar refractivity (Wildman–Crippen MR) is 85.2 cm³/mol. The molecule has 0 spiro atoms. The van der Waals surface area contributed by atoms with Crippen LogP contribution >= 0.6 is 11.8 Å². The summed E-state index contributed by atoms with van der Waals surface area (Å²) >= 11 is 1.68. The van der Waals surface area contributed by atoms with E-state index < -0.39 is 6.04 Å². The number of nitrogens with zero attached hydrogens (tertiary/aromatic N) is 3. The van der Waals surface area contributed by atoms with Gasteiger partial charge in [0.05, 0.1) is 12.6 Å². The molecular formula is C14H19N5OS. The minimum absolute atomic E-state index is 0.145. The maximum atomic E-state index is 11.9. The van der Waals surface area contributed by atoms with Gasteiger partial charge < -0.3 is 11.1 Å². The Morgan fingerprint density at radius 1 is 1.43 bits per heavy atom. The normalized spacial score (nSPS) is 12.1. The number of aromatic nitrogens is 3. The number of rotatable bonds is 7. The van der Waals surface area contributed by atoms with Crippen molar-refractivity contribution in [1.29, 1.82) is 0 Å². The van der Waals surface area contributed by atoms with Crippen molar-refractivity contribution < 1.29 is 4.79 Å². The zero-order valence-corrected chi connectivity index (χ0v) is 12.7. The highest BCUT2D eigenvalue weighted by Gasteiger charge is 2.12. The quantitative estimate of drug-likeness (QED) is 0.806. The van der Waals surface area contributed by atoms with E-state index in [4.69, 9.17) is 5.73 Å². The molecule has 0 aliphatic heterocycles. The van der Waals surface area contributed by atoms with Crippen molar-refractivity contribution in [3.8, 4) is 0 Å². The summed E-state index contributed by atoms with van der Waals surface area (Å²) in [4.78, 5) is 15.8. The van der Waals surface area contributed by atoms with Gasteiger partial charge >= 0.3 is 0 Å². The van der Waals surface area contributed by atoms with Gasteiger partial charge in [0.15, 0.2) is 0 Å². The molecule has 1 amide bonds. The Bertz CT molecular complexity index is 555. The third-order valence-electron chi connectivity index (χ3n) is 3.00. The van der Waals surface area contributed by atoms with E-state index in [0.717, 1.165) is 17.0 Å². The van der Waals surface area contributed by atoms with Crippen LogP contribution in [0.15, 0.2) is 36.9 Å². The molecule has 0 saturated heterocycles. The van der Waals surface area contributed by atoms with Crippen molar-refractivity contribution in [2.45, 2.75) is 19.0 Å². The lowest BCUT2D eigenvalue weighted by Gasteiger charge is -2.12. The van der Waals surface area contributed by atoms with Crippen LogP contribution in [0.5, 0.6) is 0 Å². The molecule has 0 unspecified atom stereocenters. The molecule has 7 heteroatoms. The lowest BCUT2D eigenvalue weighted by atomic mass is 10.2. The maximum Gasteiger partial charge on any atom is 0.241 e. The SMILES string of the molecule is CSCC[C@H](N)C(=O)Nc1ccc(Cn2cncn2)cc1. The van der Waals surface area contributed by atoms with Gasteiger partial charge in [-0.3, -0.25) is 4.79 Å². The van der Waals surface area contributed by atoms with Gasteiger partial charge in [0.2, 0.25) is 5.91 Å². The number of hydrogen-bond acceptors (Lipinski definition) is 5. The van der Waals surface area contributed by atoms with Crippen LogP contribution in [0.4, 0.5) is 5.69 Å². The van der Waals surface area contributed by atoms with Crippen molar-refractivity contribution in [1.82, 2.24) is 14.8 Å². The van der Waals surface area contributed by atoms with Crippen molar-refractivity contribution >= 4 is 23.4 Å². The van der Waals surface area contributed by atoms with E-state index in [1.54, 1.807) is 22.8 Å². The monoisotopic (exact) mass is 305 g/mol. The summed E-state index contributed by atoms with van der Waals surface area (Å²) in [7, 11) is 0. The van der Waals surface area contributed by atoms with E-state index in [1.165, 1.54) is 6.33 Å². The Balaban J connectivity index is 1.88. The molecule has 0 saturated carbocycles. The average Bonchev–Trinajstić information content (AvgIpc) is 2.99. The number of nitrogens with one attached hydrogen (secondary N) is 1. The topological polar surface area (TPSA) is 85.8 Å². The number of anilines is 1. The summed E-state index contributed by atoms with van der Waals surface area (Å²) in [6, 6.07) is 7.17. The van der Waals surface area contributed by atoms with Crippen LogP contribution in [-0.2, 0) is 11.3 Å². The van der Waals surface area contributed by atoms with Gasteiger partial charge in [-0.05, 0) is 36.1 Å². The van der Waals surface area contributed by atoms with Gasteiger partial charge in [0.25, 0.3) is 0 Å². The smallest absolute Gasteiger partial charge is 0.241 e. The summed E-state index contributed by atoms with van der Waals surface area (Å²) in [5.41, 5.74) is 7.67. The summed E-state index contributed by atoms with van der Waals surface area (Å²) in [6.45, 7) is 0.654. The molecule has 6 nitrogen and oxygen atoms in total. The molecule has 1 aromatic heterocycles. The number of benzene rings is 1. The summed E-state index contributed by atoms with van der Waals surface area (Å²) in [6.07, 6.45) is 5.85.